The van der Waals surface area contributed by atoms with E-state index >= 15 is 0 Å². The number of benzene rings is 1. The maximum absolute atomic E-state index is 6.34. The van der Waals surface area contributed by atoms with E-state index in [9.17, 15) is 0 Å². The van der Waals surface area contributed by atoms with Crippen molar-refractivity contribution in [1.82, 2.24) is 13.6 Å². The molecule has 1 N–H and O–H groups in total. The van der Waals surface area contributed by atoms with Crippen molar-refractivity contribution in [2.45, 2.75) is 31.3 Å². The van der Waals surface area contributed by atoms with E-state index in [2.05, 4.69) is 19.0 Å². The Hall–Kier alpha value is -0.910. The minimum atomic E-state index is 0.493. The van der Waals surface area contributed by atoms with Crippen LogP contribution >= 0.6 is 23.3 Å². The molecule has 0 radical (unpaired) electrons. The molecule has 1 aromatic carbocycles. The SMILES string of the molecule is Clc1ccc2nsnc2c1NC1CCN2CCCC12. The maximum atomic E-state index is 6.34. The highest BCUT2D eigenvalue weighted by atomic mass is 35.5. The minimum absolute atomic E-state index is 0.493. The summed E-state index contributed by atoms with van der Waals surface area (Å²) >= 11 is 7.59. The van der Waals surface area contributed by atoms with Crippen LogP contribution in [-0.4, -0.2) is 38.8 Å². The van der Waals surface area contributed by atoms with E-state index in [1.807, 2.05) is 12.1 Å². The second-order valence-electron chi connectivity index (χ2n) is 5.34. The Balaban J connectivity index is 1.67. The lowest BCUT2D eigenvalue weighted by molar-refractivity contribution is 0.318. The van der Waals surface area contributed by atoms with Crippen molar-refractivity contribution in [2.24, 2.45) is 0 Å². The summed E-state index contributed by atoms with van der Waals surface area (Å²) in [6, 6.07) is 5.00. The molecule has 2 aliphatic rings. The highest BCUT2D eigenvalue weighted by Crippen LogP contribution is 2.35. The molecular weight excluding hydrogens is 280 g/mol. The number of rotatable bonds is 2. The highest BCUT2D eigenvalue weighted by molar-refractivity contribution is 7.00. The number of anilines is 1. The topological polar surface area (TPSA) is 41.1 Å². The quantitative estimate of drug-likeness (QED) is 0.924. The monoisotopic (exact) mass is 294 g/mol. The van der Waals surface area contributed by atoms with Crippen LogP contribution in [0.25, 0.3) is 11.0 Å². The van der Waals surface area contributed by atoms with Gasteiger partial charge in [-0.2, -0.15) is 8.75 Å². The Kier molecular flexibility index (Phi) is 2.86. The zero-order valence-electron chi connectivity index (χ0n) is 10.5. The smallest absolute Gasteiger partial charge is 0.129 e. The van der Waals surface area contributed by atoms with Crippen molar-refractivity contribution >= 4 is 40.0 Å². The molecule has 2 aliphatic heterocycles. The predicted octanol–water partition coefficient (Wildman–Crippen LogP) is 2.99. The average molecular weight is 295 g/mol. The molecule has 19 heavy (non-hydrogen) atoms. The molecule has 0 amide bonds. The Bertz CT molecular complexity index is 614. The van der Waals surface area contributed by atoms with Crippen molar-refractivity contribution < 1.29 is 0 Å². The molecule has 3 heterocycles. The highest BCUT2D eigenvalue weighted by Gasteiger charge is 2.37. The van der Waals surface area contributed by atoms with Crippen LogP contribution in [0.2, 0.25) is 5.02 Å². The molecule has 2 atom stereocenters. The predicted molar refractivity (Wildman–Crippen MR) is 79.0 cm³/mol. The first-order valence-corrected chi connectivity index (χ1v) is 7.85. The largest absolute Gasteiger partial charge is 0.378 e. The standard InChI is InChI=1S/C13H15ClN4S/c14-8-3-4-10-13(17-19-16-10)12(8)15-9-5-7-18-6-1-2-11(9)18/h3-4,9,11,15H,1-2,5-7H2. The van der Waals surface area contributed by atoms with Gasteiger partial charge >= 0.3 is 0 Å². The number of hydrogen-bond donors (Lipinski definition) is 1. The normalized spacial score (nSPS) is 27.0. The molecule has 4 rings (SSSR count). The maximum Gasteiger partial charge on any atom is 0.129 e. The van der Waals surface area contributed by atoms with Crippen molar-refractivity contribution in [3.63, 3.8) is 0 Å². The van der Waals surface area contributed by atoms with Crippen molar-refractivity contribution in [3.8, 4) is 0 Å². The van der Waals surface area contributed by atoms with Crippen molar-refractivity contribution in [3.05, 3.63) is 17.2 Å². The average Bonchev–Trinajstić information content (AvgIpc) is 3.10. The van der Waals surface area contributed by atoms with Crippen LogP contribution in [0.5, 0.6) is 0 Å². The van der Waals surface area contributed by atoms with E-state index in [1.54, 1.807) is 0 Å². The Morgan fingerprint density at radius 1 is 1.26 bits per heavy atom. The molecule has 4 nitrogen and oxygen atoms in total. The number of fused-ring (bicyclic) bond motifs is 2. The van der Waals surface area contributed by atoms with Gasteiger partial charge in [0.05, 0.1) is 22.4 Å². The first kappa shape index (κ1) is 11.9. The van der Waals surface area contributed by atoms with Crippen LogP contribution in [0, 0.1) is 0 Å². The lowest BCUT2D eigenvalue weighted by Crippen LogP contribution is -2.33. The van der Waals surface area contributed by atoms with Gasteiger partial charge in [0.2, 0.25) is 0 Å². The van der Waals surface area contributed by atoms with Gasteiger partial charge in [-0.3, -0.25) is 4.90 Å². The molecule has 0 spiro atoms. The van der Waals surface area contributed by atoms with Gasteiger partial charge in [-0.05, 0) is 37.9 Å². The molecule has 2 fully saturated rings. The molecular formula is C13H15ClN4S. The van der Waals surface area contributed by atoms with Crippen LogP contribution < -0.4 is 5.32 Å². The lowest BCUT2D eigenvalue weighted by atomic mass is 10.1. The molecule has 2 aromatic rings. The van der Waals surface area contributed by atoms with Gasteiger partial charge < -0.3 is 5.32 Å². The second-order valence-corrected chi connectivity index (χ2v) is 6.28. The van der Waals surface area contributed by atoms with Crippen molar-refractivity contribution in [2.75, 3.05) is 18.4 Å². The summed E-state index contributed by atoms with van der Waals surface area (Å²) in [6.07, 6.45) is 3.80. The van der Waals surface area contributed by atoms with Gasteiger partial charge in [-0.25, -0.2) is 0 Å². The third kappa shape index (κ3) is 1.91. The number of nitrogens with one attached hydrogen (secondary N) is 1. The van der Waals surface area contributed by atoms with Gasteiger partial charge in [-0.1, -0.05) is 11.6 Å². The molecule has 0 saturated carbocycles. The van der Waals surface area contributed by atoms with E-state index in [4.69, 9.17) is 11.6 Å². The Morgan fingerprint density at radius 2 is 2.21 bits per heavy atom. The zero-order valence-corrected chi connectivity index (χ0v) is 12.0. The summed E-state index contributed by atoms with van der Waals surface area (Å²) in [4.78, 5) is 2.59. The summed E-state index contributed by atoms with van der Waals surface area (Å²) in [5.74, 6) is 0. The van der Waals surface area contributed by atoms with Gasteiger partial charge in [-0.15, -0.1) is 0 Å². The Morgan fingerprint density at radius 3 is 3.16 bits per heavy atom. The number of hydrogen-bond acceptors (Lipinski definition) is 5. The van der Waals surface area contributed by atoms with Gasteiger partial charge in [0.1, 0.15) is 11.0 Å². The van der Waals surface area contributed by atoms with Crippen LogP contribution in [0.1, 0.15) is 19.3 Å². The van der Waals surface area contributed by atoms with Crippen LogP contribution in [0.4, 0.5) is 5.69 Å². The lowest BCUT2D eigenvalue weighted by Gasteiger charge is -2.22. The van der Waals surface area contributed by atoms with Crippen LogP contribution in [0.3, 0.4) is 0 Å². The van der Waals surface area contributed by atoms with E-state index in [-0.39, 0.29) is 0 Å². The molecule has 0 aliphatic carbocycles. The van der Waals surface area contributed by atoms with E-state index in [0.717, 1.165) is 21.7 Å². The molecule has 6 heteroatoms. The fraction of sp³-hybridized carbons (Fsp3) is 0.538. The summed E-state index contributed by atoms with van der Waals surface area (Å²) in [5, 5.41) is 4.39. The number of nitrogens with zero attached hydrogens (tertiary/aromatic N) is 3. The molecule has 100 valence electrons. The fourth-order valence-corrected chi connectivity index (χ4v) is 4.15. The first-order chi connectivity index (χ1) is 9.33. The van der Waals surface area contributed by atoms with Crippen LogP contribution in [0.15, 0.2) is 12.1 Å². The summed E-state index contributed by atoms with van der Waals surface area (Å²) in [6.45, 7) is 2.45. The zero-order chi connectivity index (χ0) is 12.8. The number of aromatic nitrogens is 2. The second kappa shape index (κ2) is 4.58. The van der Waals surface area contributed by atoms with E-state index in [0.29, 0.717) is 12.1 Å². The molecule has 2 saturated heterocycles. The number of halogens is 1. The first-order valence-electron chi connectivity index (χ1n) is 6.74. The fourth-order valence-electron chi connectivity index (χ4n) is 3.40. The van der Waals surface area contributed by atoms with Gasteiger partial charge in [0.15, 0.2) is 0 Å². The third-order valence-corrected chi connectivity index (χ3v) is 5.17. The summed E-state index contributed by atoms with van der Waals surface area (Å²) < 4.78 is 8.66. The molecule has 0 bridgehead atoms. The van der Waals surface area contributed by atoms with Gasteiger partial charge in [0.25, 0.3) is 0 Å². The molecule has 2 unspecified atom stereocenters. The van der Waals surface area contributed by atoms with E-state index in [1.165, 1.54) is 44.1 Å². The van der Waals surface area contributed by atoms with Gasteiger partial charge in [0, 0.05) is 18.6 Å². The third-order valence-electron chi connectivity index (χ3n) is 4.31. The Labute approximate surface area is 121 Å². The minimum Gasteiger partial charge on any atom is -0.378 e. The molecule has 1 aromatic heterocycles. The van der Waals surface area contributed by atoms with E-state index < -0.39 is 0 Å². The summed E-state index contributed by atoms with van der Waals surface area (Å²) in [5.41, 5.74) is 2.80. The van der Waals surface area contributed by atoms with Crippen LogP contribution in [-0.2, 0) is 0 Å². The van der Waals surface area contributed by atoms with Crippen molar-refractivity contribution in [1.29, 1.82) is 0 Å². The summed E-state index contributed by atoms with van der Waals surface area (Å²) in [7, 11) is 0.